The molecule has 1 aromatic carbocycles. The molecule has 1 heterocycles. The molecule has 1 fully saturated rings. The lowest BCUT2D eigenvalue weighted by atomic mass is 10.1. The Morgan fingerprint density at radius 1 is 1.41 bits per heavy atom. The van der Waals surface area contributed by atoms with E-state index in [4.69, 9.17) is 16.3 Å². The summed E-state index contributed by atoms with van der Waals surface area (Å²) in [5, 5.41) is 3.84. The van der Waals surface area contributed by atoms with Gasteiger partial charge >= 0.3 is 0 Å². The van der Waals surface area contributed by atoms with Crippen LogP contribution < -0.4 is 10.2 Å². The number of hydrogen-bond acceptors (Lipinski definition) is 4. The molecule has 1 N–H and O–H groups in total. The van der Waals surface area contributed by atoms with E-state index in [1.807, 2.05) is 18.2 Å². The number of nitrogens with zero attached hydrogens (tertiary/aromatic N) is 2. The summed E-state index contributed by atoms with van der Waals surface area (Å²) in [5.74, 6) is -0.0482. The monoisotopic (exact) mass is 325 g/mol. The van der Waals surface area contributed by atoms with E-state index in [1.54, 1.807) is 19.1 Å². The van der Waals surface area contributed by atoms with Gasteiger partial charge in [0.15, 0.2) is 0 Å². The zero-order chi connectivity index (χ0) is 15.9. The first kappa shape index (κ1) is 17.1. The lowest BCUT2D eigenvalue weighted by molar-refractivity contribution is 0.0779. The summed E-state index contributed by atoms with van der Waals surface area (Å²) >= 11 is 6.33. The van der Waals surface area contributed by atoms with Crippen LogP contribution in [0.3, 0.4) is 0 Å². The third-order valence-corrected chi connectivity index (χ3v) is 4.17. The highest BCUT2D eigenvalue weighted by atomic mass is 35.5. The Morgan fingerprint density at radius 3 is 2.77 bits per heavy atom. The van der Waals surface area contributed by atoms with E-state index < -0.39 is 0 Å². The first-order valence-electron chi connectivity index (χ1n) is 7.63. The Balaban J connectivity index is 2.03. The smallest absolute Gasteiger partial charge is 0.255 e. The minimum atomic E-state index is -0.0482. The second kappa shape index (κ2) is 8.36. The largest absolute Gasteiger partial charge is 0.385 e. The Bertz CT molecular complexity index is 504. The number of carbonyl (C=O) groups excluding carboxylic acids is 1. The molecule has 0 unspecified atom stereocenters. The number of nitrogens with one attached hydrogen (secondary N) is 1. The summed E-state index contributed by atoms with van der Waals surface area (Å²) in [6.07, 6.45) is 0.815. The Morgan fingerprint density at radius 2 is 2.14 bits per heavy atom. The molecule has 122 valence electrons. The predicted molar refractivity (Wildman–Crippen MR) is 90.0 cm³/mol. The number of methoxy groups -OCH3 is 1. The molecule has 0 bridgehead atoms. The van der Waals surface area contributed by atoms with Crippen molar-refractivity contribution in [2.75, 3.05) is 58.4 Å². The molecule has 1 aliphatic heterocycles. The van der Waals surface area contributed by atoms with E-state index in [2.05, 4.69) is 10.2 Å². The summed E-state index contributed by atoms with van der Waals surface area (Å²) in [6.45, 7) is 5.16. The highest BCUT2D eigenvalue weighted by Crippen LogP contribution is 2.25. The Hall–Kier alpha value is -1.30. The fourth-order valence-electron chi connectivity index (χ4n) is 2.55. The summed E-state index contributed by atoms with van der Waals surface area (Å²) in [5.41, 5.74) is 1.63. The van der Waals surface area contributed by atoms with Gasteiger partial charge in [0.2, 0.25) is 0 Å². The van der Waals surface area contributed by atoms with Crippen LogP contribution in [0.1, 0.15) is 16.8 Å². The van der Waals surface area contributed by atoms with Gasteiger partial charge in [0.25, 0.3) is 5.91 Å². The molecule has 0 aromatic heterocycles. The number of rotatable bonds is 6. The molecule has 1 aliphatic rings. The van der Waals surface area contributed by atoms with Gasteiger partial charge in [0, 0.05) is 59.2 Å². The number of ether oxygens (including phenoxy) is 1. The lowest BCUT2D eigenvalue weighted by Crippen LogP contribution is -2.43. The van der Waals surface area contributed by atoms with Crippen LogP contribution in [0.2, 0.25) is 5.02 Å². The van der Waals surface area contributed by atoms with Gasteiger partial charge in [-0.1, -0.05) is 11.6 Å². The average molecular weight is 326 g/mol. The van der Waals surface area contributed by atoms with Crippen molar-refractivity contribution in [3.8, 4) is 0 Å². The van der Waals surface area contributed by atoms with Crippen molar-refractivity contribution in [1.29, 1.82) is 0 Å². The molecule has 22 heavy (non-hydrogen) atoms. The van der Waals surface area contributed by atoms with Gasteiger partial charge < -0.3 is 19.9 Å². The molecule has 0 radical (unpaired) electrons. The fraction of sp³-hybridized carbons (Fsp3) is 0.562. The van der Waals surface area contributed by atoms with Crippen LogP contribution in [0.25, 0.3) is 0 Å². The van der Waals surface area contributed by atoms with Gasteiger partial charge in [-0.2, -0.15) is 0 Å². The van der Waals surface area contributed by atoms with E-state index in [9.17, 15) is 4.79 Å². The molecule has 0 saturated carbocycles. The number of piperazine rings is 1. The van der Waals surface area contributed by atoms with Crippen LogP contribution in [-0.4, -0.2) is 64.3 Å². The van der Waals surface area contributed by atoms with E-state index in [0.29, 0.717) is 23.7 Å². The van der Waals surface area contributed by atoms with Crippen molar-refractivity contribution in [2.24, 2.45) is 0 Å². The van der Waals surface area contributed by atoms with Crippen LogP contribution >= 0.6 is 11.6 Å². The zero-order valence-corrected chi connectivity index (χ0v) is 14.0. The van der Waals surface area contributed by atoms with E-state index in [-0.39, 0.29) is 5.91 Å². The normalized spacial score (nSPS) is 15.0. The minimum absolute atomic E-state index is 0.0482. The third kappa shape index (κ3) is 4.35. The molecule has 1 amide bonds. The third-order valence-electron chi connectivity index (χ3n) is 3.85. The quantitative estimate of drug-likeness (QED) is 0.811. The summed E-state index contributed by atoms with van der Waals surface area (Å²) in [4.78, 5) is 16.4. The average Bonchev–Trinajstić information content (AvgIpc) is 2.55. The number of carbonyl (C=O) groups is 1. The summed E-state index contributed by atoms with van der Waals surface area (Å²) < 4.78 is 5.01. The maximum Gasteiger partial charge on any atom is 0.255 e. The molecule has 5 nitrogen and oxygen atoms in total. The number of anilines is 1. The molecule has 0 aliphatic carbocycles. The summed E-state index contributed by atoms with van der Waals surface area (Å²) in [7, 11) is 3.45. The van der Waals surface area contributed by atoms with Gasteiger partial charge in [-0.3, -0.25) is 4.79 Å². The predicted octanol–water partition coefficient (Wildman–Crippen LogP) is 1.86. The van der Waals surface area contributed by atoms with Gasteiger partial charge in [-0.15, -0.1) is 0 Å². The van der Waals surface area contributed by atoms with Crippen LogP contribution in [0.15, 0.2) is 18.2 Å². The lowest BCUT2D eigenvalue weighted by Gasteiger charge is -2.29. The van der Waals surface area contributed by atoms with Crippen molar-refractivity contribution >= 4 is 23.2 Å². The van der Waals surface area contributed by atoms with Gasteiger partial charge in [0.1, 0.15) is 0 Å². The fourth-order valence-corrected chi connectivity index (χ4v) is 2.81. The van der Waals surface area contributed by atoms with Crippen molar-refractivity contribution in [2.45, 2.75) is 6.42 Å². The van der Waals surface area contributed by atoms with Crippen LogP contribution in [0.4, 0.5) is 5.69 Å². The van der Waals surface area contributed by atoms with Crippen molar-refractivity contribution in [3.63, 3.8) is 0 Å². The first-order chi connectivity index (χ1) is 10.6. The Kier molecular flexibility index (Phi) is 6.49. The molecule has 0 atom stereocenters. The number of benzene rings is 1. The van der Waals surface area contributed by atoms with Crippen LogP contribution in [-0.2, 0) is 4.74 Å². The van der Waals surface area contributed by atoms with E-state index in [0.717, 1.165) is 38.3 Å². The number of amides is 1. The van der Waals surface area contributed by atoms with Crippen molar-refractivity contribution < 1.29 is 9.53 Å². The summed E-state index contributed by atoms with van der Waals surface area (Å²) in [6, 6.07) is 5.70. The molecular formula is C16H24ClN3O2. The molecule has 1 saturated heterocycles. The standard InChI is InChI=1S/C16H24ClN3O2/c1-19(8-3-11-22-2)16(21)14-5-4-13(12-15(14)17)20-9-6-18-7-10-20/h4-5,12,18H,3,6-11H2,1-2H3. The Labute approximate surface area is 137 Å². The van der Waals surface area contributed by atoms with Crippen LogP contribution in [0, 0.1) is 0 Å². The second-order valence-electron chi connectivity index (χ2n) is 5.47. The van der Waals surface area contributed by atoms with Crippen molar-refractivity contribution in [3.05, 3.63) is 28.8 Å². The van der Waals surface area contributed by atoms with Gasteiger partial charge in [0.05, 0.1) is 10.6 Å². The molecule has 6 heteroatoms. The number of hydrogen-bond donors (Lipinski definition) is 1. The van der Waals surface area contributed by atoms with Gasteiger partial charge in [-0.25, -0.2) is 0 Å². The molecule has 2 rings (SSSR count). The topological polar surface area (TPSA) is 44.8 Å². The van der Waals surface area contributed by atoms with E-state index >= 15 is 0 Å². The van der Waals surface area contributed by atoms with Crippen molar-refractivity contribution in [1.82, 2.24) is 10.2 Å². The number of halogens is 1. The second-order valence-corrected chi connectivity index (χ2v) is 5.88. The maximum absolute atomic E-state index is 12.4. The zero-order valence-electron chi connectivity index (χ0n) is 13.3. The highest BCUT2D eigenvalue weighted by Gasteiger charge is 2.17. The SMILES string of the molecule is COCCCN(C)C(=O)c1ccc(N2CCNCC2)cc1Cl. The van der Waals surface area contributed by atoms with Crippen LogP contribution in [0.5, 0.6) is 0 Å². The molecular weight excluding hydrogens is 302 g/mol. The van der Waals surface area contributed by atoms with Gasteiger partial charge in [-0.05, 0) is 24.6 Å². The highest BCUT2D eigenvalue weighted by molar-refractivity contribution is 6.34. The van der Waals surface area contributed by atoms with E-state index in [1.165, 1.54) is 0 Å². The maximum atomic E-state index is 12.4. The molecule has 0 spiro atoms. The minimum Gasteiger partial charge on any atom is -0.385 e. The molecule has 1 aromatic rings. The first-order valence-corrected chi connectivity index (χ1v) is 8.01.